The standard InChI is InChI=1S/C33H38N4O4/c1-34-27-13-8-25(9-14-27)32(39)35-20-4-5-23-41-29-15-10-26(11-16-29)33(40)36-21-18-28(19-22-36)37-30-7-3-2-6-24(30)12-17-31(37)38/h2-3,6-11,13-16,28,34H,4-5,12,17-23H2,1H3,(H,35,39). The number of para-hydroxylation sites is 1. The van der Waals surface area contributed by atoms with Gasteiger partial charge in [-0.3, -0.25) is 14.4 Å². The Hall–Kier alpha value is -4.33. The van der Waals surface area contributed by atoms with Crippen molar-refractivity contribution < 1.29 is 19.1 Å². The van der Waals surface area contributed by atoms with Gasteiger partial charge >= 0.3 is 0 Å². The fourth-order valence-corrected chi connectivity index (χ4v) is 5.57. The molecule has 3 aromatic rings. The highest BCUT2D eigenvalue weighted by Crippen LogP contribution is 2.32. The van der Waals surface area contributed by atoms with Crippen molar-refractivity contribution in [3.63, 3.8) is 0 Å². The number of anilines is 2. The van der Waals surface area contributed by atoms with Crippen LogP contribution in [0.25, 0.3) is 0 Å². The summed E-state index contributed by atoms with van der Waals surface area (Å²) in [5.41, 5.74) is 4.51. The molecular formula is C33H38N4O4. The predicted octanol–water partition coefficient (Wildman–Crippen LogP) is 4.90. The van der Waals surface area contributed by atoms with Gasteiger partial charge in [0.2, 0.25) is 5.91 Å². The number of nitrogens with one attached hydrogen (secondary N) is 2. The van der Waals surface area contributed by atoms with Crippen LogP contribution in [0.15, 0.2) is 72.8 Å². The fraction of sp³-hybridized carbons (Fsp3) is 0.364. The van der Waals surface area contributed by atoms with Crippen LogP contribution in [0.5, 0.6) is 5.75 Å². The van der Waals surface area contributed by atoms with Crippen LogP contribution in [-0.4, -0.2) is 62.0 Å². The van der Waals surface area contributed by atoms with Crippen molar-refractivity contribution in [2.75, 3.05) is 43.5 Å². The number of rotatable bonds is 10. The zero-order valence-corrected chi connectivity index (χ0v) is 23.6. The Kier molecular flexibility index (Phi) is 9.19. The monoisotopic (exact) mass is 554 g/mol. The van der Waals surface area contributed by atoms with E-state index in [9.17, 15) is 14.4 Å². The predicted molar refractivity (Wildman–Crippen MR) is 161 cm³/mol. The van der Waals surface area contributed by atoms with Gasteiger partial charge in [0.1, 0.15) is 5.75 Å². The van der Waals surface area contributed by atoms with Crippen molar-refractivity contribution in [3.05, 3.63) is 89.5 Å². The Morgan fingerprint density at radius 1 is 0.878 bits per heavy atom. The van der Waals surface area contributed by atoms with Crippen LogP contribution >= 0.6 is 0 Å². The van der Waals surface area contributed by atoms with Crippen molar-refractivity contribution in [1.82, 2.24) is 10.2 Å². The minimum absolute atomic E-state index is 0.0108. The maximum Gasteiger partial charge on any atom is 0.253 e. The first kappa shape index (κ1) is 28.2. The summed E-state index contributed by atoms with van der Waals surface area (Å²) in [6, 6.07) is 22.9. The summed E-state index contributed by atoms with van der Waals surface area (Å²) in [4.78, 5) is 42.0. The number of aryl methyl sites for hydroxylation is 1. The molecule has 8 nitrogen and oxygen atoms in total. The van der Waals surface area contributed by atoms with Crippen molar-refractivity contribution in [3.8, 4) is 5.75 Å². The van der Waals surface area contributed by atoms with Gasteiger partial charge in [-0.15, -0.1) is 0 Å². The molecule has 0 unspecified atom stereocenters. The van der Waals surface area contributed by atoms with E-state index in [1.165, 1.54) is 5.56 Å². The number of unbranched alkanes of at least 4 members (excludes halogenated alkanes) is 1. The van der Waals surface area contributed by atoms with Crippen molar-refractivity contribution in [1.29, 1.82) is 0 Å². The summed E-state index contributed by atoms with van der Waals surface area (Å²) in [5, 5.41) is 5.97. The number of nitrogens with zero attached hydrogens (tertiary/aromatic N) is 2. The number of carbonyl (C=O) groups is 3. The van der Waals surface area contributed by atoms with Gasteiger partial charge in [0, 0.05) is 61.6 Å². The molecule has 2 aliphatic rings. The van der Waals surface area contributed by atoms with Crippen LogP contribution in [0.2, 0.25) is 0 Å². The molecule has 2 N–H and O–H groups in total. The molecule has 0 radical (unpaired) electrons. The molecular weight excluding hydrogens is 516 g/mol. The van der Waals surface area contributed by atoms with E-state index in [0.717, 1.165) is 49.2 Å². The van der Waals surface area contributed by atoms with E-state index in [1.54, 1.807) is 12.1 Å². The van der Waals surface area contributed by atoms with Crippen LogP contribution < -0.4 is 20.3 Å². The third-order valence-corrected chi connectivity index (χ3v) is 7.91. The summed E-state index contributed by atoms with van der Waals surface area (Å²) in [6.45, 7) is 2.38. The van der Waals surface area contributed by atoms with Crippen LogP contribution in [0.3, 0.4) is 0 Å². The molecule has 2 aliphatic heterocycles. The van der Waals surface area contributed by atoms with E-state index in [4.69, 9.17) is 4.74 Å². The average molecular weight is 555 g/mol. The number of amides is 3. The molecule has 1 fully saturated rings. The first-order chi connectivity index (χ1) is 20.0. The van der Waals surface area contributed by atoms with Crippen LogP contribution in [0, 0.1) is 0 Å². The third kappa shape index (κ3) is 6.88. The summed E-state index contributed by atoms with van der Waals surface area (Å²) in [5.74, 6) is 0.834. The van der Waals surface area contributed by atoms with Crippen LogP contribution in [0.1, 0.15) is 58.4 Å². The number of carbonyl (C=O) groups excluding carboxylic acids is 3. The van der Waals surface area contributed by atoms with Crippen LogP contribution in [0.4, 0.5) is 11.4 Å². The summed E-state index contributed by atoms with van der Waals surface area (Å²) in [6.07, 6.45) is 4.51. The number of benzene rings is 3. The highest BCUT2D eigenvalue weighted by Gasteiger charge is 2.33. The molecule has 0 atom stereocenters. The Morgan fingerprint density at radius 2 is 1.59 bits per heavy atom. The van der Waals surface area contributed by atoms with Gasteiger partial charge in [-0.25, -0.2) is 0 Å². The normalized spacial score (nSPS) is 15.3. The lowest BCUT2D eigenvalue weighted by Gasteiger charge is -2.41. The highest BCUT2D eigenvalue weighted by molar-refractivity contribution is 5.97. The number of fused-ring (bicyclic) bond motifs is 1. The van der Waals surface area contributed by atoms with Crippen LogP contribution in [-0.2, 0) is 11.2 Å². The van der Waals surface area contributed by atoms with Gasteiger partial charge in [0.05, 0.1) is 6.61 Å². The molecule has 214 valence electrons. The quantitative estimate of drug-likeness (QED) is 0.348. The second-order valence-corrected chi connectivity index (χ2v) is 10.6. The van der Waals surface area contributed by atoms with Crippen molar-refractivity contribution in [2.24, 2.45) is 0 Å². The number of piperidine rings is 1. The van der Waals surface area contributed by atoms with E-state index in [0.29, 0.717) is 43.8 Å². The third-order valence-electron chi connectivity index (χ3n) is 7.91. The molecule has 0 aromatic heterocycles. The number of hydrogen-bond donors (Lipinski definition) is 2. The van der Waals surface area contributed by atoms with Gasteiger partial charge in [-0.05, 0) is 92.3 Å². The lowest BCUT2D eigenvalue weighted by molar-refractivity contribution is -0.119. The molecule has 0 spiro atoms. The van der Waals surface area contributed by atoms with E-state index in [2.05, 4.69) is 16.7 Å². The van der Waals surface area contributed by atoms with E-state index < -0.39 is 0 Å². The molecule has 1 saturated heterocycles. The molecule has 3 amide bonds. The minimum Gasteiger partial charge on any atom is -0.494 e. The molecule has 0 aliphatic carbocycles. The Balaban J connectivity index is 1.02. The Morgan fingerprint density at radius 3 is 2.32 bits per heavy atom. The highest BCUT2D eigenvalue weighted by atomic mass is 16.5. The number of ether oxygens (including phenoxy) is 1. The smallest absolute Gasteiger partial charge is 0.253 e. The van der Waals surface area contributed by atoms with Gasteiger partial charge in [0.25, 0.3) is 11.8 Å². The summed E-state index contributed by atoms with van der Waals surface area (Å²) >= 11 is 0. The zero-order chi connectivity index (χ0) is 28.6. The molecule has 41 heavy (non-hydrogen) atoms. The minimum atomic E-state index is -0.0802. The topological polar surface area (TPSA) is 91.0 Å². The molecule has 8 heteroatoms. The van der Waals surface area contributed by atoms with Gasteiger partial charge in [-0.1, -0.05) is 18.2 Å². The fourth-order valence-electron chi connectivity index (χ4n) is 5.57. The van der Waals surface area contributed by atoms with Crippen molar-refractivity contribution in [2.45, 2.75) is 44.6 Å². The summed E-state index contributed by atoms with van der Waals surface area (Å²) in [7, 11) is 1.84. The Labute approximate surface area is 241 Å². The number of likely N-dealkylation sites (tertiary alicyclic amines) is 1. The first-order valence-electron chi connectivity index (χ1n) is 14.5. The van der Waals surface area contributed by atoms with Crippen molar-refractivity contribution >= 4 is 29.1 Å². The lowest BCUT2D eigenvalue weighted by atomic mass is 9.95. The Bertz CT molecular complexity index is 1350. The average Bonchev–Trinajstić information content (AvgIpc) is 3.02. The lowest BCUT2D eigenvalue weighted by Crippen LogP contribution is -2.50. The largest absolute Gasteiger partial charge is 0.494 e. The molecule has 0 bridgehead atoms. The molecule has 5 rings (SSSR count). The second-order valence-electron chi connectivity index (χ2n) is 10.6. The molecule has 0 saturated carbocycles. The molecule has 2 heterocycles. The van der Waals surface area contributed by atoms with E-state index in [-0.39, 0.29) is 23.8 Å². The first-order valence-corrected chi connectivity index (χ1v) is 14.5. The van der Waals surface area contributed by atoms with Gasteiger partial charge < -0.3 is 25.2 Å². The number of hydrogen-bond acceptors (Lipinski definition) is 5. The zero-order valence-electron chi connectivity index (χ0n) is 23.6. The maximum absolute atomic E-state index is 13.1. The van der Waals surface area contributed by atoms with Gasteiger partial charge in [-0.2, -0.15) is 0 Å². The second kappa shape index (κ2) is 13.4. The van der Waals surface area contributed by atoms with E-state index in [1.807, 2.05) is 71.4 Å². The van der Waals surface area contributed by atoms with E-state index >= 15 is 0 Å². The molecule has 3 aromatic carbocycles. The SMILES string of the molecule is CNc1ccc(C(=O)NCCCCOc2ccc(C(=O)N3CCC(N4C(=O)CCc5ccccc54)CC3)cc2)cc1. The maximum atomic E-state index is 13.1. The summed E-state index contributed by atoms with van der Waals surface area (Å²) < 4.78 is 5.84. The van der Waals surface area contributed by atoms with Gasteiger partial charge in [0.15, 0.2) is 0 Å².